The predicted molar refractivity (Wildman–Crippen MR) is 87.7 cm³/mol. The summed E-state index contributed by atoms with van der Waals surface area (Å²) in [5.41, 5.74) is 1.35. The van der Waals surface area contributed by atoms with Crippen LogP contribution in [0, 0.1) is 5.92 Å². The molecule has 2 aliphatic carbocycles. The molecule has 3 atom stereocenters. The Kier molecular flexibility index (Phi) is 5.14. The van der Waals surface area contributed by atoms with Crippen LogP contribution < -0.4 is 5.32 Å². The summed E-state index contributed by atoms with van der Waals surface area (Å²) >= 11 is 0. The lowest BCUT2D eigenvalue weighted by molar-refractivity contribution is -0.146. The molecule has 3 heteroatoms. The summed E-state index contributed by atoms with van der Waals surface area (Å²) in [6.45, 7) is 2.35. The Balaban J connectivity index is 1.65. The van der Waals surface area contributed by atoms with Crippen molar-refractivity contribution in [2.45, 2.75) is 63.5 Å². The van der Waals surface area contributed by atoms with E-state index in [1.54, 1.807) is 0 Å². The normalized spacial score (nSPS) is 26.4. The monoisotopic (exact) mass is 301 g/mol. The average molecular weight is 301 g/mol. The summed E-state index contributed by atoms with van der Waals surface area (Å²) in [6.07, 6.45) is 7.36. The van der Waals surface area contributed by atoms with Gasteiger partial charge in [-0.2, -0.15) is 0 Å². The number of ether oxygens (including phenoxy) is 1. The molecular formula is C19H27NO2. The molecule has 0 aromatic heterocycles. The highest BCUT2D eigenvalue weighted by Crippen LogP contribution is 2.50. The Morgan fingerprint density at radius 3 is 2.64 bits per heavy atom. The first-order chi connectivity index (χ1) is 10.8. The van der Waals surface area contributed by atoms with E-state index in [0.717, 1.165) is 6.42 Å². The number of esters is 1. The lowest BCUT2D eigenvalue weighted by atomic mass is 9.94. The summed E-state index contributed by atoms with van der Waals surface area (Å²) in [6, 6.07) is 10.9. The molecule has 1 aromatic carbocycles. The van der Waals surface area contributed by atoms with Crippen LogP contribution in [0.2, 0.25) is 0 Å². The molecule has 3 rings (SSSR count). The minimum atomic E-state index is -0.131. The fourth-order valence-electron chi connectivity index (χ4n) is 3.79. The van der Waals surface area contributed by atoms with Gasteiger partial charge in [0, 0.05) is 6.04 Å². The van der Waals surface area contributed by atoms with Gasteiger partial charge < -0.3 is 10.1 Å². The molecule has 0 aliphatic heterocycles. The van der Waals surface area contributed by atoms with Crippen LogP contribution in [0.15, 0.2) is 30.3 Å². The van der Waals surface area contributed by atoms with Crippen molar-refractivity contribution in [1.82, 2.24) is 5.32 Å². The number of carbonyl (C=O) groups excluding carboxylic acids is 1. The molecule has 22 heavy (non-hydrogen) atoms. The van der Waals surface area contributed by atoms with Crippen LogP contribution in [-0.4, -0.2) is 24.7 Å². The number of hydrogen-bond acceptors (Lipinski definition) is 3. The van der Waals surface area contributed by atoms with E-state index in [-0.39, 0.29) is 12.0 Å². The molecule has 2 aliphatic rings. The third kappa shape index (κ3) is 3.70. The van der Waals surface area contributed by atoms with Gasteiger partial charge in [0.15, 0.2) is 0 Å². The molecule has 1 N–H and O–H groups in total. The standard InChI is InChI=1S/C19H27NO2/c1-2-22-19(21)18(20-15-11-7-4-8-12-15)17-13-16(17)14-9-5-3-6-10-14/h3,5-6,9-10,15-18,20H,2,4,7-8,11-13H2,1H3. The summed E-state index contributed by atoms with van der Waals surface area (Å²) in [4.78, 5) is 12.4. The molecule has 0 saturated heterocycles. The van der Waals surface area contributed by atoms with Gasteiger partial charge in [-0.1, -0.05) is 49.6 Å². The molecule has 1 aromatic rings. The van der Waals surface area contributed by atoms with Crippen molar-refractivity contribution >= 4 is 5.97 Å². The van der Waals surface area contributed by atoms with Gasteiger partial charge in [-0.05, 0) is 43.6 Å². The zero-order valence-corrected chi connectivity index (χ0v) is 13.5. The number of rotatable bonds is 6. The van der Waals surface area contributed by atoms with E-state index >= 15 is 0 Å². The third-order valence-corrected chi connectivity index (χ3v) is 5.06. The Hall–Kier alpha value is -1.35. The van der Waals surface area contributed by atoms with Crippen LogP contribution in [0.5, 0.6) is 0 Å². The lowest BCUT2D eigenvalue weighted by Gasteiger charge is -2.27. The molecule has 2 fully saturated rings. The smallest absolute Gasteiger partial charge is 0.323 e. The third-order valence-electron chi connectivity index (χ3n) is 5.06. The molecule has 0 spiro atoms. The molecule has 120 valence electrons. The van der Waals surface area contributed by atoms with Crippen LogP contribution >= 0.6 is 0 Å². The van der Waals surface area contributed by atoms with Crippen molar-refractivity contribution in [3.63, 3.8) is 0 Å². The second-order valence-electron chi connectivity index (χ2n) is 6.65. The molecular weight excluding hydrogens is 274 g/mol. The fraction of sp³-hybridized carbons (Fsp3) is 0.632. The van der Waals surface area contributed by atoms with E-state index in [1.807, 2.05) is 13.0 Å². The van der Waals surface area contributed by atoms with E-state index < -0.39 is 0 Å². The van der Waals surface area contributed by atoms with Gasteiger partial charge in [0.1, 0.15) is 6.04 Å². The number of carbonyl (C=O) groups is 1. The van der Waals surface area contributed by atoms with Crippen molar-refractivity contribution in [3.8, 4) is 0 Å². The van der Waals surface area contributed by atoms with Gasteiger partial charge in [-0.25, -0.2) is 0 Å². The topological polar surface area (TPSA) is 38.3 Å². The van der Waals surface area contributed by atoms with Crippen molar-refractivity contribution in [3.05, 3.63) is 35.9 Å². The van der Waals surface area contributed by atoms with Crippen molar-refractivity contribution < 1.29 is 9.53 Å². The van der Waals surface area contributed by atoms with Crippen molar-refractivity contribution in [2.75, 3.05) is 6.61 Å². The first kappa shape index (κ1) is 15.5. The minimum absolute atomic E-state index is 0.0588. The Morgan fingerprint density at radius 2 is 1.95 bits per heavy atom. The number of benzene rings is 1. The lowest BCUT2D eigenvalue weighted by Crippen LogP contribution is -2.46. The van der Waals surface area contributed by atoms with E-state index in [9.17, 15) is 4.79 Å². The van der Waals surface area contributed by atoms with Crippen LogP contribution in [0.1, 0.15) is 56.9 Å². The van der Waals surface area contributed by atoms with Gasteiger partial charge in [-0.3, -0.25) is 4.79 Å². The maximum atomic E-state index is 12.4. The second kappa shape index (κ2) is 7.28. The molecule has 3 unspecified atom stereocenters. The van der Waals surface area contributed by atoms with Crippen molar-refractivity contribution in [1.29, 1.82) is 0 Å². The summed E-state index contributed by atoms with van der Waals surface area (Å²) < 4.78 is 5.33. The summed E-state index contributed by atoms with van der Waals surface area (Å²) in [5, 5.41) is 3.63. The van der Waals surface area contributed by atoms with E-state index in [0.29, 0.717) is 24.5 Å². The van der Waals surface area contributed by atoms with E-state index in [1.165, 1.54) is 37.7 Å². The molecule has 0 heterocycles. The van der Waals surface area contributed by atoms with Crippen LogP contribution in [0.4, 0.5) is 0 Å². The molecule has 0 amide bonds. The van der Waals surface area contributed by atoms with Crippen LogP contribution in [0.3, 0.4) is 0 Å². The van der Waals surface area contributed by atoms with Gasteiger partial charge in [0.05, 0.1) is 6.61 Å². The highest BCUT2D eigenvalue weighted by molar-refractivity contribution is 5.77. The zero-order chi connectivity index (χ0) is 15.4. The first-order valence-electron chi connectivity index (χ1n) is 8.77. The molecule has 0 bridgehead atoms. The van der Waals surface area contributed by atoms with Gasteiger partial charge >= 0.3 is 5.97 Å². The molecule has 3 nitrogen and oxygen atoms in total. The van der Waals surface area contributed by atoms with Crippen LogP contribution in [-0.2, 0) is 9.53 Å². The van der Waals surface area contributed by atoms with E-state index in [2.05, 4.69) is 29.6 Å². The largest absolute Gasteiger partial charge is 0.465 e. The number of nitrogens with one attached hydrogen (secondary N) is 1. The second-order valence-corrected chi connectivity index (χ2v) is 6.65. The SMILES string of the molecule is CCOC(=O)C(NC1CCCCC1)C1CC1c1ccccc1. The highest BCUT2D eigenvalue weighted by atomic mass is 16.5. The maximum Gasteiger partial charge on any atom is 0.323 e. The quantitative estimate of drug-likeness (QED) is 0.815. The van der Waals surface area contributed by atoms with Gasteiger partial charge in [0.2, 0.25) is 0 Å². The summed E-state index contributed by atoms with van der Waals surface area (Å²) in [7, 11) is 0. The Labute approximate surface area is 133 Å². The maximum absolute atomic E-state index is 12.4. The van der Waals surface area contributed by atoms with Gasteiger partial charge in [0.25, 0.3) is 0 Å². The van der Waals surface area contributed by atoms with Crippen LogP contribution in [0.25, 0.3) is 0 Å². The number of hydrogen-bond donors (Lipinski definition) is 1. The predicted octanol–water partition coefficient (Wildman–Crippen LogP) is 3.64. The minimum Gasteiger partial charge on any atom is -0.465 e. The fourth-order valence-corrected chi connectivity index (χ4v) is 3.79. The Bertz CT molecular complexity index is 481. The molecule has 0 radical (unpaired) electrons. The van der Waals surface area contributed by atoms with Crippen molar-refractivity contribution in [2.24, 2.45) is 5.92 Å². The zero-order valence-electron chi connectivity index (χ0n) is 13.5. The first-order valence-corrected chi connectivity index (χ1v) is 8.77. The van der Waals surface area contributed by atoms with E-state index in [4.69, 9.17) is 4.74 Å². The average Bonchev–Trinajstić information content (AvgIpc) is 3.35. The van der Waals surface area contributed by atoms with Gasteiger partial charge in [-0.15, -0.1) is 0 Å². The summed E-state index contributed by atoms with van der Waals surface area (Å²) in [5.74, 6) is 0.839. The Morgan fingerprint density at radius 1 is 1.23 bits per heavy atom. The molecule has 2 saturated carbocycles. The highest BCUT2D eigenvalue weighted by Gasteiger charge is 2.47.